The maximum atomic E-state index is 10.0. The zero-order valence-corrected chi connectivity index (χ0v) is 6.50. The van der Waals surface area contributed by atoms with Crippen molar-refractivity contribution in [2.75, 3.05) is 6.54 Å². The van der Waals surface area contributed by atoms with Crippen molar-refractivity contribution in [2.45, 2.75) is 25.8 Å². The molecule has 0 aliphatic carbocycles. The van der Waals surface area contributed by atoms with E-state index in [0.717, 1.165) is 0 Å². The molecule has 11 heavy (non-hydrogen) atoms. The second-order valence-electron chi connectivity index (χ2n) is 2.19. The molecule has 0 aliphatic rings. The van der Waals surface area contributed by atoms with Gasteiger partial charge in [0.05, 0.1) is 18.5 Å². The van der Waals surface area contributed by atoms with E-state index < -0.39 is 5.97 Å². The Labute approximate surface area is 65.8 Å². The van der Waals surface area contributed by atoms with Crippen molar-refractivity contribution in [1.82, 2.24) is 5.32 Å². The van der Waals surface area contributed by atoms with Gasteiger partial charge in [0.15, 0.2) is 0 Å². The third-order valence-corrected chi connectivity index (χ3v) is 1.29. The van der Waals surface area contributed by atoms with Crippen molar-refractivity contribution in [3.8, 4) is 6.07 Å². The number of carbonyl (C=O) groups is 1. The van der Waals surface area contributed by atoms with Crippen molar-refractivity contribution in [2.24, 2.45) is 0 Å². The van der Waals surface area contributed by atoms with Gasteiger partial charge in [-0.05, 0) is 6.42 Å². The summed E-state index contributed by atoms with van der Waals surface area (Å²) in [6.07, 6.45) is 0.772. The summed E-state index contributed by atoms with van der Waals surface area (Å²) in [5, 5.41) is 19.5. The zero-order valence-electron chi connectivity index (χ0n) is 6.50. The van der Waals surface area contributed by atoms with Crippen LogP contribution in [0, 0.1) is 11.3 Å². The molecule has 0 aliphatic heterocycles. The Bertz CT molecular complexity index is 162. The van der Waals surface area contributed by atoms with Crippen LogP contribution in [0.25, 0.3) is 0 Å². The van der Waals surface area contributed by atoms with Gasteiger partial charge < -0.3 is 10.4 Å². The first-order valence-electron chi connectivity index (χ1n) is 3.55. The molecule has 4 nitrogen and oxygen atoms in total. The fourth-order valence-electron chi connectivity index (χ4n) is 0.635. The van der Waals surface area contributed by atoms with Crippen LogP contribution in [-0.2, 0) is 4.79 Å². The molecule has 0 heterocycles. The standard InChI is InChI=1S/C7H12N2O2/c1-2-6(5-8)9-4-3-7(10)11/h6,9H,2-4H2,1H3,(H,10,11). The SMILES string of the molecule is CCC(C#N)NCCC(=O)O. The molecule has 62 valence electrons. The van der Waals surface area contributed by atoms with Crippen molar-refractivity contribution in [1.29, 1.82) is 5.26 Å². The van der Waals surface area contributed by atoms with Crippen LogP contribution >= 0.6 is 0 Å². The third-order valence-electron chi connectivity index (χ3n) is 1.29. The Morgan fingerprint density at radius 3 is 2.82 bits per heavy atom. The molecule has 0 saturated heterocycles. The number of carboxylic acid groups (broad SMARTS) is 1. The molecule has 0 aromatic heterocycles. The van der Waals surface area contributed by atoms with Gasteiger partial charge in [0.25, 0.3) is 0 Å². The van der Waals surface area contributed by atoms with Crippen LogP contribution in [0.4, 0.5) is 0 Å². The van der Waals surface area contributed by atoms with Crippen LogP contribution < -0.4 is 5.32 Å². The van der Waals surface area contributed by atoms with Crippen LogP contribution in [0.15, 0.2) is 0 Å². The van der Waals surface area contributed by atoms with E-state index >= 15 is 0 Å². The third kappa shape index (κ3) is 5.37. The van der Waals surface area contributed by atoms with Gasteiger partial charge in [-0.3, -0.25) is 4.79 Å². The molecule has 0 aromatic carbocycles. The Hall–Kier alpha value is -1.08. The highest BCUT2D eigenvalue weighted by Crippen LogP contribution is 1.87. The van der Waals surface area contributed by atoms with Crippen LogP contribution in [0.3, 0.4) is 0 Å². The number of hydrogen-bond donors (Lipinski definition) is 2. The van der Waals surface area contributed by atoms with E-state index in [1.165, 1.54) is 0 Å². The quantitative estimate of drug-likeness (QED) is 0.602. The summed E-state index contributed by atoms with van der Waals surface area (Å²) >= 11 is 0. The highest BCUT2D eigenvalue weighted by Gasteiger charge is 2.03. The first-order chi connectivity index (χ1) is 5.20. The average molecular weight is 156 g/mol. The largest absolute Gasteiger partial charge is 0.481 e. The lowest BCUT2D eigenvalue weighted by molar-refractivity contribution is -0.136. The molecule has 0 spiro atoms. The number of nitriles is 1. The highest BCUT2D eigenvalue weighted by molar-refractivity contribution is 5.66. The second-order valence-corrected chi connectivity index (χ2v) is 2.19. The minimum atomic E-state index is -0.842. The molecule has 4 heteroatoms. The van der Waals surface area contributed by atoms with Gasteiger partial charge in [-0.1, -0.05) is 6.92 Å². The first-order valence-corrected chi connectivity index (χ1v) is 3.55. The second kappa shape index (κ2) is 5.69. The fraction of sp³-hybridized carbons (Fsp3) is 0.714. The lowest BCUT2D eigenvalue weighted by Gasteiger charge is -2.05. The topological polar surface area (TPSA) is 73.1 Å². The monoisotopic (exact) mass is 156 g/mol. The molecule has 0 rings (SSSR count). The molecule has 0 aromatic rings. The summed E-state index contributed by atoms with van der Waals surface area (Å²) in [5.41, 5.74) is 0. The number of rotatable bonds is 5. The minimum absolute atomic E-state index is 0.0676. The van der Waals surface area contributed by atoms with Crippen molar-refractivity contribution in [3.05, 3.63) is 0 Å². The van der Waals surface area contributed by atoms with Gasteiger partial charge in [0, 0.05) is 6.54 Å². The summed E-state index contributed by atoms with van der Waals surface area (Å²) in [5.74, 6) is -0.842. The van der Waals surface area contributed by atoms with Gasteiger partial charge in [0.2, 0.25) is 0 Å². The summed E-state index contributed by atoms with van der Waals surface area (Å²) < 4.78 is 0. The predicted octanol–water partition coefficient (Wildman–Crippen LogP) is 0.353. The molecule has 0 radical (unpaired) electrons. The Kier molecular flexibility index (Phi) is 5.13. The maximum absolute atomic E-state index is 10.0. The zero-order chi connectivity index (χ0) is 8.69. The van der Waals surface area contributed by atoms with E-state index in [1.807, 2.05) is 13.0 Å². The lowest BCUT2D eigenvalue weighted by atomic mass is 10.2. The lowest BCUT2D eigenvalue weighted by Crippen LogP contribution is -2.28. The molecule has 1 unspecified atom stereocenters. The van der Waals surface area contributed by atoms with E-state index in [9.17, 15) is 4.79 Å². The Balaban J connectivity index is 3.38. The van der Waals surface area contributed by atoms with E-state index in [2.05, 4.69) is 5.32 Å². The Morgan fingerprint density at radius 2 is 2.45 bits per heavy atom. The molecule has 0 bridgehead atoms. The van der Waals surface area contributed by atoms with Gasteiger partial charge in [0.1, 0.15) is 0 Å². The number of hydrogen-bond acceptors (Lipinski definition) is 3. The normalized spacial score (nSPS) is 12.0. The Morgan fingerprint density at radius 1 is 1.82 bits per heavy atom. The van der Waals surface area contributed by atoms with E-state index in [4.69, 9.17) is 10.4 Å². The van der Waals surface area contributed by atoms with Gasteiger partial charge in [-0.25, -0.2) is 0 Å². The first kappa shape index (κ1) is 9.92. The average Bonchev–Trinajstić information content (AvgIpc) is 1.98. The summed E-state index contributed by atoms with van der Waals surface area (Å²) in [7, 11) is 0. The molecule has 0 amide bonds. The fourth-order valence-corrected chi connectivity index (χ4v) is 0.635. The van der Waals surface area contributed by atoms with E-state index in [0.29, 0.717) is 13.0 Å². The number of nitrogens with one attached hydrogen (secondary N) is 1. The molecular formula is C7H12N2O2. The molecule has 1 atom stereocenters. The smallest absolute Gasteiger partial charge is 0.304 e. The van der Waals surface area contributed by atoms with Crippen LogP contribution in [0.5, 0.6) is 0 Å². The number of nitrogens with zero attached hydrogens (tertiary/aromatic N) is 1. The van der Waals surface area contributed by atoms with Crippen molar-refractivity contribution >= 4 is 5.97 Å². The highest BCUT2D eigenvalue weighted by atomic mass is 16.4. The van der Waals surface area contributed by atoms with E-state index in [1.54, 1.807) is 0 Å². The van der Waals surface area contributed by atoms with Gasteiger partial charge in [-0.15, -0.1) is 0 Å². The van der Waals surface area contributed by atoms with Crippen LogP contribution in [-0.4, -0.2) is 23.7 Å². The van der Waals surface area contributed by atoms with Crippen molar-refractivity contribution in [3.63, 3.8) is 0 Å². The predicted molar refractivity (Wildman–Crippen MR) is 39.9 cm³/mol. The van der Waals surface area contributed by atoms with Gasteiger partial charge >= 0.3 is 5.97 Å². The van der Waals surface area contributed by atoms with Gasteiger partial charge in [-0.2, -0.15) is 5.26 Å². The minimum Gasteiger partial charge on any atom is -0.481 e. The molecule has 2 N–H and O–H groups in total. The summed E-state index contributed by atoms with van der Waals surface area (Å²) in [4.78, 5) is 10.0. The van der Waals surface area contributed by atoms with E-state index in [-0.39, 0.29) is 12.5 Å². The van der Waals surface area contributed by atoms with Crippen LogP contribution in [0.1, 0.15) is 19.8 Å². The molecule has 0 fully saturated rings. The summed E-state index contributed by atoms with van der Waals surface area (Å²) in [6.45, 7) is 2.24. The number of aliphatic carboxylic acids is 1. The molecular weight excluding hydrogens is 144 g/mol. The summed E-state index contributed by atoms with van der Waals surface area (Å²) in [6, 6.07) is 1.81. The maximum Gasteiger partial charge on any atom is 0.304 e. The molecule has 0 saturated carbocycles. The van der Waals surface area contributed by atoms with Crippen molar-refractivity contribution < 1.29 is 9.90 Å². The van der Waals surface area contributed by atoms with Crippen LogP contribution in [0.2, 0.25) is 0 Å². The number of carboxylic acids is 1.